The molecule has 2 saturated heterocycles. The van der Waals surface area contributed by atoms with E-state index in [2.05, 4.69) is 39.8 Å². The van der Waals surface area contributed by atoms with Gasteiger partial charge in [0.25, 0.3) is 5.91 Å². The van der Waals surface area contributed by atoms with Crippen molar-refractivity contribution in [2.24, 2.45) is 5.41 Å². The number of aromatic carboxylic acids is 1. The van der Waals surface area contributed by atoms with Crippen LogP contribution in [0.1, 0.15) is 64.1 Å². The van der Waals surface area contributed by atoms with Crippen LogP contribution in [0.15, 0.2) is 143 Å². The third-order valence-corrected chi connectivity index (χ3v) is 12.6. The molecule has 2 aliphatic heterocycles. The molecule has 0 saturated carbocycles. The second-order valence-electron chi connectivity index (χ2n) is 19.1. The summed E-state index contributed by atoms with van der Waals surface area (Å²) in [4.78, 5) is 57.9. The number of carboxylic acid groups (broad SMARTS) is 1. The number of benzene rings is 4. The first-order valence-corrected chi connectivity index (χ1v) is 24.4. The lowest BCUT2D eigenvalue weighted by Gasteiger charge is -2.45. The third-order valence-electron chi connectivity index (χ3n) is 12.0. The van der Waals surface area contributed by atoms with E-state index in [1.807, 2.05) is 59.5 Å². The summed E-state index contributed by atoms with van der Waals surface area (Å²) in [6, 6.07) is 32.1. The monoisotopic (exact) mass is 1090 g/mol. The molecule has 0 unspecified atom stereocenters. The number of hydrogen-bond donors (Lipinski definition) is 6. The smallest absolute Gasteiger partial charge is 0.335 e. The molecule has 6 heterocycles. The lowest BCUT2D eigenvalue weighted by atomic mass is 9.84. The van der Waals surface area contributed by atoms with E-state index in [-0.39, 0.29) is 54.2 Å². The average Bonchev–Trinajstić information content (AvgIpc) is 4.01. The lowest BCUT2D eigenvalue weighted by Crippen LogP contribution is -2.55. The molecule has 4 aromatic carbocycles. The van der Waals surface area contributed by atoms with Gasteiger partial charge >= 0.3 is 5.97 Å². The largest absolute Gasteiger partial charge is 0.478 e. The van der Waals surface area contributed by atoms with Crippen LogP contribution in [0.3, 0.4) is 0 Å². The maximum atomic E-state index is 12.7. The molecule has 0 radical (unpaired) electrons. The molecule has 0 aliphatic carbocycles. The van der Waals surface area contributed by atoms with Crippen LogP contribution in [0, 0.1) is 5.41 Å². The van der Waals surface area contributed by atoms with Gasteiger partial charge in [-0.15, -0.1) is 12.4 Å². The van der Waals surface area contributed by atoms with Gasteiger partial charge in [-0.25, -0.2) is 19.2 Å². The molecular formula is C57H54Cl3FN8O7. The lowest BCUT2D eigenvalue weighted by molar-refractivity contribution is -0.117. The number of carboxylic acids is 1. The minimum absolute atomic E-state index is 0. The zero-order valence-electron chi connectivity index (χ0n) is 41.5. The van der Waals surface area contributed by atoms with Crippen LogP contribution < -0.4 is 27.4 Å². The number of nitrogens with zero attached hydrogens (tertiary/aromatic N) is 3. The molecule has 8 aromatic rings. The number of likely N-dealkylation sites (tertiary alicyclic amines) is 1. The van der Waals surface area contributed by atoms with E-state index < -0.39 is 11.6 Å². The maximum absolute atomic E-state index is 12.7. The fourth-order valence-corrected chi connectivity index (χ4v) is 8.60. The molecule has 19 heteroatoms. The van der Waals surface area contributed by atoms with Gasteiger partial charge < -0.3 is 46.3 Å². The number of pyridine rings is 2. The summed E-state index contributed by atoms with van der Waals surface area (Å²) in [7, 11) is 0. The first-order chi connectivity index (χ1) is 35.8. The molecule has 8 N–H and O–H groups in total. The molecule has 10 rings (SSSR count). The summed E-state index contributed by atoms with van der Waals surface area (Å²) >= 11 is 12.9. The molecule has 2 fully saturated rings. The van der Waals surface area contributed by atoms with Crippen LogP contribution >= 0.6 is 35.6 Å². The van der Waals surface area contributed by atoms with Crippen molar-refractivity contribution in [3.63, 3.8) is 0 Å². The predicted molar refractivity (Wildman–Crippen MR) is 299 cm³/mol. The Morgan fingerprint density at radius 2 is 1.09 bits per heavy atom. The second kappa shape index (κ2) is 24.1. The molecule has 76 heavy (non-hydrogen) atoms. The number of hydrogen-bond acceptors (Lipinski definition) is 11. The van der Waals surface area contributed by atoms with Crippen molar-refractivity contribution >= 4 is 105 Å². The molecular weight excluding hydrogens is 1030 g/mol. The number of halogens is 4. The molecule has 0 atom stereocenters. The standard InChI is InChI=1S/C29H27ClN4O3.C24H18ClN3O4.C4H8FN.ClH/c1-29(2)16-34(17-29)28(36)20-7-5-19(6-8-20)21-11-22-12-23(37-27(22)24(30)13-21)15-33-26(35)10-4-18-3-9-25(31)32-14-18;25-20-11-17(15-3-5-16(6-4-15)24(30)31)9-18-10-19(32-23(18)20)13-28-22(29)8-2-14-1-7-21(26)27-12-14;1-4(5)2-6-3-4;/h3-14H,15-17H2,1-2H3,(H2,31,32)(H,33,35);1-12H,13H2,(H2,26,27)(H,28,29)(H,30,31);6H,2-3H2,1H3;1H/b10-4+;8-2+;;. The highest BCUT2D eigenvalue weighted by atomic mass is 35.5. The minimum Gasteiger partial charge on any atom is -0.478 e. The van der Waals surface area contributed by atoms with Crippen LogP contribution in [0.5, 0.6) is 0 Å². The average molecular weight is 1090 g/mol. The van der Waals surface area contributed by atoms with Gasteiger partial charge in [0.1, 0.15) is 28.8 Å². The number of nitrogen functional groups attached to an aromatic ring is 2. The van der Waals surface area contributed by atoms with E-state index in [0.717, 1.165) is 57.2 Å². The van der Waals surface area contributed by atoms with Gasteiger partial charge in [0, 0.05) is 67.1 Å². The number of carbonyl (C=O) groups is 4. The Labute approximate surface area is 453 Å². The highest BCUT2D eigenvalue weighted by Gasteiger charge is 2.37. The van der Waals surface area contributed by atoms with Gasteiger partial charge in [-0.05, 0) is 143 Å². The van der Waals surface area contributed by atoms with Crippen molar-refractivity contribution in [2.45, 2.75) is 39.5 Å². The summed E-state index contributed by atoms with van der Waals surface area (Å²) in [6.07, 6.45) is 9.30. The number of nitrogens with two attached hydrogens (primary N) is 2. The van der Waals surface area contributed by atoms with Crippen LogP contribution in [0.25, 0.3) is 56.3 Å². The number of fused-ring (bicyclic) bond motifs is 2. The Morgan fingerprint density at radius 1 is 0.671 bits per heavy atom. The van der Waals surface area contributed by atoms with Crippen molar-refractivity contribution in [1.82, 2.24) is 30.8 Å². The first-order valence-electron chi connectivity index (χ1n) is 23.7. The summed E-state index contributed by atoms with van der Waals surface area (Å²) in [5, 5.41) is 20.0. The molecule has 15 nitrogen and oxygen atoms in total. The molecule has 0 bridgehead atoms. The Morgan fingerprint density at radius 3 is 1.45 bits per heavy atom. The Balaban J connectivity index is 0.000000198. The Bertz CT molecular complexity index is 3440. The Kier molecular flexibility index (Phi) is 17.7. The normalized spacial score (nSPS) is 14.1. The SMILES string of the molecule is CC1(C)CN(C(=O)c2ccc(-c3cc(Cl)c4oc(CNC(=O)/C=C/c5ccc(N)nc5)cc4c3)cc2)C1.CC1(F)CNC1.Cl.Nc1ccc(/C=C/C(=O)NCc2cc3cc(-c4ccc(C(=O)O)cc4)cc(Cl)c3o2)cn1. The fraction of sp³-hybridized carbons (Fsp3) is 0.193. The van der Waals surface area contributed by atoms with E-state index in [1.165, 1.54) is 12.2 Å². The fourth-order valence-electron chi connectivity index (χ4n) is 8.07. The number of alkyl halides is 1. The summed E-state index contributed by atoms with van der Waals surface area (Å²) in [5.74, 6) is 0.502. The maximum Gasteiger partial charge on any atom is 0.335 e. The number of rotatable bonds is 12. The van der Waals surface area contributed by atoms with Gasteiger partial charge in [0.2, 0.25) is 11.8 Å². The van der Waals surface area contributed by atoms with Gasteiger partial charge in [-0.3, -0.25) is 14.4 Å². The van der Waals surface area contributed by atoms with Gasteiger partial charge in [-0.2, -0.15) is 0 Å². The van der Waals surface area contributed by atoms with Crippen molar-refractivity contribution < 1.29 is 37.5 Å². The second-order valence-corrected chi connectivity index (χ2v) is 19.9. The van der Waals surface area contributed by atoms with E-state index in [9.17, 15) is 23.6 Å². The predicted octanol–water partition coefficient (Wildman–Crippen LogP) is 11.0. The van der Waals surface area contributed by atoms with Gasteiger partial charge in [-0.1, -0.05) is 61.3 Å². The number of aromatic nitrogens is 2. The van der Waals surface area contributed by atoms with Crippen LogP contribution in [0.4, 0.5) is 16.0 Å². The van der Waals surface area contributed by atoms with E-state index in [0.29, 0.717) is 63.0 Å². The molecule has 4 aromatic heterocycles. The highest BCUT2D eigenvalue weighted by Crippen LogP contribution is 2.35. The minimum atomic E-state index is -0.980. The number of amides is 3. The van der Waals surface area contributed by atoms with Crippen LogP contribution in [-0.2, 0) is 22.7 Å². The quantitative estimate of drug-likeness (QED) is 0.0628. The number of nitrogens with one attached hydrogen (secondary N) is 3. The van der Waals surface area contributed by atoms with Crippen LogP contribution in [0.2, 0.25) is 10.0 Å². The summed E-state index contributed by atoms with van der Waals surface area (Å²) in [5.41, 5.74) is 17.4. The molecule has 3 amide bonds. The summed E-state index contributed by atoms with van der Waals surface area (Å²) < 4.78 is 23.8. The van der Waals surface area contributed by atoms with Gasteiger partial charge in [0.15, 0.2) is 11.2 Å². The molecule has 0 spiro atoms. The van der Waals surface area contributed by atoms with Crippen molar-refractivity contribution in [2.75, 3.05) is 37.6 Å². The topological polar surface area (TPSA) is 232 Å². The first kappa shape index (κ1) is 55.7. The zero-order chi connectivity index (χ0) is 53.4. The Hall–Kier alpha value is -8.02. The summed E-state index contributed by atoms with van der Waals surface area (Å²) in [6.45, 7) is 8.95. The van der Waals surface area contributed by atoms with Crippen molar-refractivity contribution in [3.8, 4) is 22.3 Å². The van der Waals surface area contributed by atoms with E-state index in [1.54, 1.807) is 86.1 Å². The van der Waals surface area contributed by atoms with E-state index in [4.69, 9.17) is 48.6 Å². The van der Waals surface area contributed by atoms with Crippen molar-refractivity contribution in [1.29, 1.82) is 0 Å². The zero-order valence-corrected chi connectivity index (χ0v) is 43.9. The highest BCUT2D eigenvalue weighted by molar-refractivity contribution is 6.35. The molecule has 2 aliphatic rings. The van der Waals surface area contributed by atoms with Crippen LogP contribution in [-0.4, -0.2) is 75.5 Å². The third kappa shape index (κ3) is 14.6. The number of carbonyl (C=O) groups excluding carboxylic acids is 3. The number of anilines is 2. The van der Waals surface area contributed by atoms with Gasteiger partial charge in [0.05, 0.1) is 28.7 Å². The van der Waals surface area contributed by atoms with Crippen molar-refractivity contribution in [3.05, 3.63) is 178 Å². The molecule has 392 valence electrons. The van der Waals surface area contributed by atoms with E-state index >= 15 is 0 Å². The number of furan rings is 2.